The molecule has 3 heteroatoms. The van der Waals surface area contributed by atoms with Crippen molar-refractivity contribution >= 4 is 5.97 Å². The van der Waals surface area contributed by atoms with Gasteiger partial charge in [-0.15, -0.1) is 0 Å². The molecule has 0 aliphatic rings. The second-order valence-electron chi connectivity index (χ2n) is 4.27. The molecular formula is C10H21NO2. The Bertz CT molecular complexity index is 161. The van der Waals surface area contributed by atoms with Crippen molar-refractivity contribution in [2.45, 2.75) is 40.7 Å². The molecule has 0 spiro atoms. The number of nitrogens with one attached hydrogen (secondary N) is 1. The van der Waals surface area contributed by atoms with Crippen LogP contribution in [-0.4, -0.2) is 25.2 Å². The summed E-state index contributed by atoms with van der Waals surface area (Å²) in [6, 6.07) is 0.303. The Morgan fingerprint density at radius 2 is 2.00 bits per heavy atom. The van der Waals surface area contributed by atoms with Crippen molar-refractivity contribution in [2.24, 2.45) is 5.41 Å². The van der Waals surface area contributed by atoms with Gasteiger partial charge >= 0.3 is 5.97 Å². The first-order valence-electron chi connectivity index (χ1n) is 4.77. The number of ether oxygens (including phenoxy) is 1. The quantitative estimate of drug-likeness (QED) is 0.679. The zero-order valence-corrected chi connectivity index (χ0v) is 9.31. The van der Waals surface area contributed by atoms with Gasteiger partial charge in [0, 0.05) is 6.04 Å². The molecule has 0 aromatic heterocycles. The minimum atomic E-state index is -0.182. The van der Waals surface area contributed by atoms with Gasteiger partial charge in [-0.3, -0.25) is 4.79 Å². The summed E-state index contributed by atoms with van der Waals surface area (Å²) in [5.41, 5.74) is 0.173. The van der Waals surface area contributed by atoms with E-state index >= 15 is 0 Å². The Morgan fingerprint density at radius 1 is 1.46 bits per heavy atom. The highest BCUT2D eigenvalue weighted by molar-refractivity contribution is 5.71. The molecule has 13 heavy (non-hydrogen) atoms. The predicted molar refractivity (Wildman–Crippen MR) is 53.6 cm³/mol. The molecule has 0 aliphatic carbocycles. The highest BCUT2D eigenvalue weighted by Gasteiger charge is 2.19. The van der Waals surface area contributed by atoms with Crippen LogP contribution in [0.2, 0.25) is 0 Å². The van der Waals surface area contributed by atoms with Crippen LogP contribution in [0.25, 0.3) is 0 Å². The fourth-order valence-electron chi connectivity index (χ4n) is 0.755. The van der Waals surface area contributed by atoms with E-state index in [0.717, 1.165) is 0 Å². The molecule has 0 saturated carbocycles. The summed E-state index contributed by atoms with van der Waals surface area (Å²) in [6.07, 6.45) is 0. The predicted octanol–water partition coefficient (Wildman–Crippen LogP) is 1.57. The zero-order valence-electron chi connectivity index (χ0n) is 9.31. The van der Waals surface area contributed by atoms with Gasteiger partial charge in [0.2, 0.25) is 0 Å². The fourth-order valence-corrected chi connectivity index (χ4v) is 0.755. The van der Waals surface area contributed by atoms with E-state index in [4.69, 9.17) is 4.74 Å². The van der Waals surface area contributed by atoms with Gasteiger partial charge in [0.25, 0.3) is 0 Å². The molecule has 0 amide bonds. The van der Waals surface area contributed by atoms with Gasteiger partial charge in [-0.25, -0.2) is 0 Å². The molecule has 0 radical (unpaired) electrons. The van der Waals surface area contributed by atoms with Crippen molar-refractivity contribution in [1.29, 1.82) is 0 Å². The highest BCUT2D eigenvalue weighted by Crippen LogP contribution is 2.17. The second-order valence-corrected chi connectivity index (χ2v) is 4.27. The molecule has 78 valence electrons. The van der Waals surface area contributed by atoms with E-state index in [2.05, 4.69) is 33.0 Å². The van der Waals surface area contributed by atoms with Crippen LogP contribution in [0.5, 0.6) is 0 Å². The van der Waals surface area contributed by atoms with Crippen molar-refractivity contribution < 1.29 is 9.53 Å². The number of carbonyl (C=O) groups excluding carboxylic acids is 1. The normalized spacial score (nSPS) is 13.9. The maximum Gasteiger partial charge on any atom is 0.319 e. The zero-order chi connectivity index (χ0) is 10.5. The lowest BCUT2D eigenvalue weighted by atomic mass is 9.88. The molecular weight excluding hydrogens is 166 g/mol. The summed E-state index contributed by atoms with van der Waals surface area (Å²) in [4.78, 5) is 11.0. The molecule has 0 aromatic rings. The van der Waals surface area contributed by atoms with E-state index in [1.807, 2.05) is 6.92 Å². The summed E-state index contributed by atoms with van der Waals surface area (Å²) in [6.45, 7) is 11.0. The highest BCUT2D eigenvalue weighted by atomic mass is 16.5. The van der Waals surface area contributed by atoms with Crippen LogP contribution in [0.3, 0.4) is 0 Å². The van der Waals surface area contributed by atoms with Crippen LogP contribution in [0.15, 0.2) is 0 Å². The number of carbonyl (C=O) groups is 1. The molecule has 3 nitrogen and oxygen atoms in total. The molecule has 0 aromatic carbocycles. The molecule has 1 atom stereocenters. The summed E-state index contributed by atoms with van der Waals surface area (Å²) in [7, 11) is 0. The van der Waals surface area contributed by atoms with E-state index in [1.54, 1.807) is 0 Å². The van der Waals surface area contributed by atoms with Crippen molar-refractivity contribution in [3.63, 3.8) is 0 Å². The maximum absolute atomic E-state index is 11.0. The molecule has 0 aliphatic heterocycles. The second kappa shape index (κ2) is 5.22. The van der Waals surface area contributed by atoms with E-state index in [1.165, 1.54) is 0 Å². The van der Waals surface area contributed by atoms with Gasteiger partial charge in [-0.2, -0.15) is 0 Å². The molecule has 0 saturated heterocycles. The van der Waals surface area contributed by atoms with Crippen molar-refractivity contribution in [3.8, 4) is 0 Å². The largest absolute Gasteiger partial charge is 0.465 e. The first-order valence-corrected chi connectivity index (χ1v) is 4.77. The molecule has 0 heterocycles. The summed E-state index contributed by atoms with van der Waals surface area (Å²) in [5.74, 6) is -0.182. The van der Waals surface area contributed by atoms with E-state index in [0.29, 0.717) is 19.2 Å². The summed E-state index contributed by atoms with van der Waals surface area (Å²) < 4.78 is 4.80. The summed E-state index contributed by atoms with van der Waals surface area (Å²) in [5, 5.41) is 3.13. The van der Waals surface area contributed by atoms with Crippen molar-refractivity contribution in [1.82, 2.24) is 5.32 Å². The third-order valence-corrected chi connectivity index (χ3v) is 2.16. The topological polar surface area (TPSA) is 38.3 Å². The van der Waals surface area contributed by atoms with Crippen LogP contribution in [0, 0.1) is 5.41 Å². The minimum absolute atomic E-state index is 0.173. The average Bonchev–Trinajstić information content (AvgIpc) is 1.99. The molecule has 0 bridgehead atoms. The van der Waals surface area contributed by atoms with Crippen LogP contribution in [0.4, 0.5) is 0 Å². The smallest absolute Gasteiger partial charge is 0.319 e. The fraction of sp³-hybridized carbons (Fsp3) is 0.900. The lowest BCUT2D eigenvalue weighted by molar-refractivity contribution is -0.142. The Labute approximate surface area is 80.8 Å². The third-order valence-electron chi connectivity index (χ3n) is 2.16. The van der Waals surface area contributed by atoms with Crippen LogP contribution in [-0.2, 0) is 9.53 Å². The van der Waals surface area contributed by atoms with Gasteiger partial charge in [-0.1, -0.05) is 20.8 Å². The van der Waals surface area contributed by atoms with Gasteiger partial charge in [-0.05, 0) is 19.3 Å². The van der Waals surface area contributed by atoms with Crippen molar-refractivity contribution in [3.05, 3.63) is 0 Å². The molecule has 0 rings (SSSR count). The minimum Gasteiger partial charge on any atom is -0.465 e. The lowest BCUT2D eigenvalue weighted by Gasteiger charge is -2.27. The van der Waals surface area contributed by atoms with E-state index < -0.39 is 0 Å². The summed E-state index contributed by atoms with van der Waals surface area (Å²) >= 11 is 0. The first-order chi connectivity index (χ1) is 5.88. The Kier molecular flexibility index (Phi) is 4.99. The van der Waals surface area contributed by atoms with Gasteiger partial charge in [0.05, 0.1) is 13.2 Å². The number of rotatable bonds is 4. The lowest BCUT2D eigenvalue weighted by Crippen LogP contribution is -2.40. The van der Waals surface area contributed by atoms with E-state index in [9.17, 15) is 4.79 Å². The maximum atomic E-state index is 11.0. The number of hydrogen-bond acceptors (Lipinski definition) is 3. The monoisotopic (exact) mass is 187 g/mol. The number of hydrogen-bond donors (Lipinski definition) is 1. The van der Waals surface area contributed by atoms with Crippen LogP contribution >= 0.6 is 0 Å². The van der Waals surface area contributed by atoms with Gasteiger partial charge < -0.3 is 10.1 Å². The Balaban J connectivity index is 3.70. The molecule has 0 fully saturated rings. The number of esters is 1. The molecule has 1 unspecified atom stereocenters. The Morgan fingerprint density at radius 3 is 2.38 bits per heavy atom. The standard InChI is InChI=1S/C10H21NO2/c1-6-13-9(12)7-11-8(2)10(3,4)5/h8,11H,6-7H2,1-5H3. The Hall–Kier alpha value is -0.570. The third kappa shape index (κ3) is 5.64. The van der Waals surface area contributed by atoms with E-state index in [-0.39, 0.29) is 11.4 Å². The van der Waals surface area contributed by atoms with Crippen LogP contribution in [0.1, 0.15) is 34.6 Å². The average molecular weight is 187 g/mol. The SMILES string of the molecule is CCOC(=O)CNC(C)C(C)(C)C. The van der Waals surface area contributed by atoms with Crippen LogP contribution < -0.4 is 5.32 Å². The van der Waals surface area contributed by atoms with Gasteiger partial charge in [0.15, 0.2) is 0 Å². The van der Waals surface area contributed by atoms with Crippen molar-refractivity contribution in [2.75, 3.05) is 13.2 Å². The molecule has 1 N–H and O–H groups in total. The van der Waals surface area contributed by atoms with Gasteiger partial charge in [0.1, 0.15) is 0 Å². The first kappa shape index (κ1) is 12.4.